The number of para-hydroxylation sites is 1. The molecule has 2 aromatic rings. The first-order valence-electron chi connectivity index (χ1n) is 8.23. The molecule has 0 radical (unpaired) electrons. The molecule has 0 spiro atoms. The van der Waals surface area contributed by atoms with Crippen LogP contribution in [0.4, 0.5) is 0 Å². The van der Waals surface area contributed by atoms with Crippen molar-refractivity contribution < 1.29 is 4.79 Å². The molecule has 1 aromatic heterocycles. The number of hydrogen-bond acceptors (Lipinski definition) is 4. The van der Waals surface area contributed by atoms with Gasteiger partial charge in [0.25, 0.3) is 0 Å². The molecule has 1 N–H and O–H groups in total. The predicted molar refractivity (Wildman–Crippen MR) is 96.6 cm³/mol. The van der Waals surface area contributed by atoms with E-state index in [9.17, 15) is 4.79 Å². The minimum atomic E-state index is 0.0892. The summed E-state index contributed by atoms with van der Waals surface area (Å²) in [6.45, 7) is 4.04. The van der Waals surface area contributed by atoms with Crippen molar-refractivity contribution in [2.24, 2.45) is 0 Å². The van der Waals surface area contributed by atoms with Crippen molar-refractivity contribution in [3.05, 3.63) is 42.1 Å². The van der Waals surface area contributed by atoms with Crippen LogP contribution in [0.1, 0.15) is 18.5 Å². The summed E-state index contributed by atoms with van der Waals surface area (Å²) in [6, 6.07) is 12.0. The highest BCUT2D eigenvalue weighted by molar-refractivity contribution is 7.99. The fourth-order valence-electron chi connectivity index (χ4n) is 2.81. The van der Waals surface area contributed by atoms with Gasteiger partial charge in [-0.2, -0.15) is 11.8 Å². The van der Waals surface area contributed by atoms with Gasteiger partial charge in [-0.3, -0.25) is 9.78 Å². The van der Waals surface area contributed by atoms with Gasteiger partial charge < -0.3 is 10.2 Å². The molecule has 5 heteroatoms. The molecule has 1 aromatic carbocycles. The molecule has 0 saturated carbocycles. The lowest BCUT2D eigenvalue weighted by Crippen LogP contribution is -2.26. The summed E-state index contributed by atoms with van der Waals surface area (Å²) in [6.07, 6.45) is 2.65. The van der Waals surface area contributed by atoms with E-state index in [1.165, 1.54) is 25.9 Å². The van der Waals surface area contributed by atoms with E-state index in [0.29, 0.717) is 12.3 Å². The Balaban J connectivity index is 1.37. The predicted octanol–water partition coefficient (Wildman–Crippen LogP) is 2.68. The zero-order valence-electron chi connectivity index (χ0n) is 13.3. The van der Waals surface area contributed by atoms with Crippen LogP contribution in [-0.2, 0) is 11.3 Å². The Bertz CT molecular complexity index is 656. The van der Waals surface area contributed by atoms with Crippen molar-refractivity contribution in [3.63, 3.8) is 0 Å². The second-order valence-electron chi connectivity index (χ2n) is 5.87. The monoisotopic (exact) mass is 329 g/mol. The summed E-state index contributed by atoms with van der Waals surface area (Å²) in [5, 5.41) is 4.08. The zero-order chi connectivity index (χ0) is 15.9. The standard InChI is InChI=1S/C18H23N3OS/c22-18(14-23-12-11-21-9-3-4-10-21)19-13-16-8-7-15-5-1-2-6-17(15)20-16/h1-2,5-8H,3-4,9-14H2,(H,19,22). The van der Waals surface area contributed by atoms with Crippen LogP contribution in [-0.4, -0.2) is 46.9 Å². The van der Waals surface area contributed by atoms with Crippen LogP contribution in [0.3, 0.4) is 0 Å². The molecular formula is C18H23N3OS. The zero-order valence-corrected chi connectivity index (χ0v) is 14.1. The van der Waals surface area contributed by atoms with Gasteiger partial charge in [-0.15, -0.1) is 0 Å². The van der Waals surface area contributed by atoms with Gasteiger partial charge in [0.1, 0.15) is 0 Å². The van der Waals surface area contributed by atoms with Crippen molar-refractivity contribution in [1.29, 1.82) is 0 Å². The van der Waals surface area contributed by atoms with Gasteiger partial charge in [0, 0.05) is 17.7 Å². The number of nitrogens with zero attached hydrogens (tertiary/aromatic N) is 2. The number of carbonyl (C=O) groups is 1. The van der Waals surface area contributed by atoms with Crippen LogP contribution in [0.5, 0.6) is 0 Å². The topological polar surface area (TPSA) is 45.2 Å². The van der Waals surface area contributed by atoms with Gasteiger partial charge in [-0.1, -0.05) is 24.3 Å². The number of carbonyl (C=O) groups excluding carboxylic acids is 1. The van der Waals surface area contributed by atoms with E-state index in [0.717, 1.165) is 28.9 Å². The molecule has 1 aliphatic heterocycles. The third-order valence-electron chi connectivity index (χ3n) is 4.11. The molecule has 1 amide bonds. The van der Waals surface area contributed by atoms with Crippen LogP contribution in [0.2, 0.25) is 0 Å². The van der Waals surface area contributed by atoms with Gasteiger partial charge in [0.05, 0.1) is 23.5 Å². The third kappa shape index (κ3) is 4.94. The quantitative estimate of drug-likeness (QED) is 0.793. The van der Waals surface area contributed by atoms with E-state index in [4.69, 9.17) is 0 Å². The van der Waals surface area contributed by atoms with Crippen molar-refractivity contribution in [3.8, 4) is 0 Å². The molecule has 0 unspecified atom stereocenters. The third-order valence-corrected chi connectivity index (χ3v) is 5.04. The van der Waals surface area contributed by atoms with Crippen LogP contribution < -0.4 is 5.32 Å². The molecule has 3 rings (SSSR count). The minimum absolute atomic E-state index is 0.0892. The summed E-state index contributed by atoms with van der Waals surface area (Å²) in [4.78, 5) is 18.9. The maximum Gasteiger partial charge on any atom is 0.230 e. The van der Waals surface area contributed by atoms with Gasteiger partial charge in [-0.05, 0) is 38.1 Å². The lowest BCUT2D eigenvalue weighted by Gasteiger charge is -2.13. The largest absolute Gasteiger partial charge is 0.350 e. The molecule has 4 nitrogen and oxygen atoms in total. The summed E-state index contributed by atoms with van der Waals surface area (Å²) in [5.41, 5.74) is 1.87. The Morgan fingerprint density at radius 2 is 2.00 bits per heavy atom. The molecule has 1 saturated heterocycles. The minimum Gasteiger partial charge on any atom is -0.350 e. The second-order valence-corrected chi connectivity index (χ2v) is 6.98. The van der Waals surface area contributed by atoms with Crippen molar-refractivity contribution in [2.45, 2.75) is 19.4 Å². The highest BCUT2D eigenvalue weighted by Gasteiger charge is 2.11. The number of pyridine rings is 1. The van der Waals surface area contributed by atoms with E-state index < -0.39 is 0 Å². The fourth-order valence-corrected chi connectivity index (χ4v) is 3.63. The van der Waals surface area contributed by atoms with E-state index in [1.54, 1.807) is 11.8 Å². The first kappa shape index (κ1) is 16.3. The molecule has 0 bridgehead atoms. The number of nitrogens with one attached hydrogen (secondary N) is 1. The average Bonchev–Trinajstić information content (AvgIpc) is 3.10. The number of rotatable bonds is 7. The van der Waals surface area contributed by atoms with Crippen LogP contribution in [0, 0.1) is 0 Å². The van der Waals surface area contributed by atoms with Crippen LogP contribution in [0.15, 0.2) is 36.4 Å². The maximum atomic E-state index is 11.9. The summed E-state index contributed by atoms with van der Waals surface area (Å²) >= 11 is 1.71. The Kier molecular flexibility index (Phi) is 5.88. The summed E-state index contributed by atoms with van der Waals surface area (Å²) in [7, 11) is 0. The Labute approximate surface area is 141 Å². The molecule has 23 heavy (non-hydrogen) atoms. The van der Waals surface area contributed by atoms with Gasteiger partial charge >= 0.3 is 0 Å². The number of amides is 1. The number of thioether (sulfide) groups is 1. The molecular weight excluding hydrogens is 306 g/mol. The normalized spacial score (nSPS) is 15.1. The van der Waals surface area contributed by atoms with Gasteiger partial charge in [-0.25, -0.2) is 0 Å². The van der Waals surface area contributed by atoms with E-state index >= 15 is 0 Å². The van der Waals surface area contributed by atoms with Crippen molar-refractivity contribution >= 4 is 28.6 Å². The first-order valence-corrected chi connectivity index (χ1v) is 9.38. The van der Waals surface area contributed by atoms with Crippen molar-refractivity contribution in [2.75, 3.05) is 31.1 Å². The van der Waals surface area contributed by atoms with Gasteiger partial charge in [0.2, 0.25) is 5.91 Å². The van der Waals surface area contributed by atoms with E-state index in [2.05, 4.69) is 21.3 Å². The van der Waals surface area contributed by atoms with E-state index in [1.807, 2.05) is 30.3 Å². The molecule has 122 valence electrons. The van der Waals surface area contributed by atoms with Crippen LogP contribution >= 0.6 is 11.8 Å². The number of likely N-dealkylation sites (tertiary alicyclic amines) is 1. The molecule has 0 aliphatic carbocycles. The molecule has 1 fully saturated rings. The lowest BCUT2D eigenvalue weighted by molar-refractivity contribution is -0.118. The summed E-state index contributed by atoms with van der Waals surface area (Å²) < 4.78 is 0. The number of hydrogen-bond donors (Lipinski definition) is 1. The first-order chi connectivity index (χ1) is 11.3. The Morgan fingerprint density at radius 1 is 1.17 bits per heavy atom. The number of benzene rings is 1. The highest BCUT2D eigenvalue weighted by atomic mass is 32.2. The molecule has 2 heterocycles. The SMILES string of the molecule is O=C(CSCCN1CCCC1)NCc1ccc2ccccc2n1. The second kappa shape index (κ2) is 8.31. The lowest BCUT2D eigenvalue weighted by atomic mass is 10.2. The number of aromatic nitrogens is 1. The van der Waals surface area contributed by atoms with Crippen molar-refractivity contribution in [1.82, 2.24) is 15.2 Å². The molecule has 0 atom stereocenters. The fraction of sp³-hybridized carbons (Fsp3) is 0.444. The molecule has 1 aliphatic rings. The number of fused-ring (bicyclic) bond motifs is 1. The highest BCUT2D eigenvalue weighted by Crippen LogP contribution is 2.12. The maximum absolute atomic E-state index is 11.9. The Morgan fingerprint density at radius 3 is 2.87 bits per heavy atom. The van der Waals surface area contributed by atoms with E-state index in [-0.39, 0.29) is 5.91 Å². The van der Waals surface area contributed by atoms with Gasteiger partial charge in [0.15, 0.2) is 0 Å². The summed E-state index contributed by atoms with van der Waals surface area (Å²) in [5.74, 6) is 1.65. The smallest absolute Gasteiger partial charge is 0.230 e. The average molecular weight is 329 g/mol. The van der Waals surface area contributed by atoms with Crippen LogP contribution in [0.25, 0.3) is 10.9 Å². The Hall–Kier alpha value is -1.59.